The van der Waals surface area contributed by atoms with Crippen LogP contribution in [0.4, 0.5) is 4.39 Å². The van der Waals surface area contributed by atoms with Gasteiger partial charge in [-0.25, -0.2) is 4.39 Å². The Balaban J connectivity index is 0.00000136. The van der Waals surface area contributed by atoms with Crippen LogP contribution in [0.3, 0.4) is 0 Å². The van der Waals surface area contributed by atoms with E-state index >= 15 is 0 Å². The first kappa shape index (κ1) is 22.1. The minimum Gasteiger partial charge on any atom is -0.343 e. The molecule has 1 amide bonds. The molecule has 1 fully saturated rings. The van der Waals surface area contributed by atoms with Crippen LogP contribution in [0.25, 0.3) is 0 Å². The zero-order chi connectivity index (χ0) is 20.7. The number of likely N-dealkylation sites (N-methyl/N-ethyl adjacent to an activating group) is 1. The fraction of sp³-hybridized carbons (Fsp3) is 0.458. The highest BCUT2D eigenvalue weighted by atomic mass is 19.1. The average Bonchev–Trinajstić information content (AvgIpc) is 3.19. The van der Waals surface area contributed by atoms with E-state index in [0.29, 0.717) is 5.56 Å². The van der Waals surface area contributed by atoms with Crippen LogP contribution < -0.4 is 5.32 Å². The summed E-state index contributed by atoms with van der Waals surface area (Å²) < 4.78 is 14.3. The Hall–Kier alpha value is -2.20. The predicted octanol–water partition coefficient (Wildman–Crippen LogP) is 5.51. The van der Waals surface area contributed by atoms with Gasteiger partial charge >= 0.3 is 0 Å². The Kier molecular flexibility index (Phi) is 7.76. The van der Waals surface area contributed by atoms with Crippen molar-refractivity contribution in [2.24, 2.45) is 0 Å². The van der Waals surface area contributed by atoms with Crippen molar-refractivity contribution >= 4 is 5.91 Å². The summed E-state index contributed by atoms with van der Waals surface area (Å²) in [6, 6.07) is 14.6. The third kappa shape index (κ3) is 4.44. The molecule has 1 aliphatic rings. The molecule has 0 heterocycles. The SMILES string of the molecule is CC.Cc1cccc(F)c1C(=O)NC(c1ccccc1)C1(N(C)C)CCCC1. The van der Waals surface area contributed by atoms with Crippen molar-refractivity contribution in [3.8, 4) is 0 Å². The van der Waals surface area contributed by atoms with Crippen LogP contribution in [0.5, 0.6) is 0 Å². The lowest BCUT2D eigenvalue weighted by atomic mass is 9.82. The van der Waals surface area contributed by atoms with Gasteiger partial charge in [0.05, 0.1) is 11.6 Å². The minimum absolute atomic E-state index is 0.139. The predicted molar refractivity (Wildman–Crippen MR) is 114 cm³/mol. The van der Waals surface area contributed by atoms with Crippen molar-refractivity contribution in [1.29, 1.82) is 0 Å². The molecule has 3 rings (SSSR count). The van der Waals surface area contributed by atoms with Gasteiger partial charge in [0.2, 0.25) is 0 Å². The van der Waals surface area contributed by atoms with Crippen molar-refractivity contribution in [3.63, 3.8) is 0 Å². The van der Waals surface area contributed by atoms with Gasteiger partial charge < -0.3 is 10.2 Å². The summed E-state index contributed by atoms with van der Waals surface area (Å²) >= 11 is 0. The third-order valence-electron chi connectivity index (χ3n) is 5.75. The zero-order valence-electron chi connectivity index (χ0n) is 17.8. The lowest BCUT2D eigenvalue weighted by Crippen LogP contribution is -2.53. The molecule has 28 heavy (non-hydrogen) atoms. The van der Waals surface area contributed by atoms with Crippen LogP contribution in [0.1, 0.15) is 67.1 Å². The molecule has 0 aliphatic heterocycles. The molecule has 1 N–H and O–H groups in total. The van der Waals surface area contributed by atoms with Gasteiger partial charge in [-0.15, -0.1) is 0 Å². The number of nitrogens with zero attached hydrogens (tertiary/aromatic N) is 1. The van der Waals surface area contributed by atoms with Gasteiger partial charge in [-0.05, 0) is 51.1 Å². The molecule has 4 heteroatoms. The van der Waals surface area contributed by atoms with Crippen molar-refractivity contribution in [3.05, 3.63) is 71.0 Å². The fourth-order valence-corrected chi connectivity index (χ4v) is 4.28. The molecule has 0 radical (unpaired) electrons. The van der Waals surface area contributed by atoms with Crippen molar-refractivity contribution in [2.45, 2.75) is 58.0 Å². The van der Waals surface area contributed by atoms with E-state index < -0.39 is 5.82 Å². The molecule has 2 aromatic carbocycles. The highest BCUT2D eigenvalue weighted by Crippen LogP contribution is 2.43. The second kappa shape index (κ2) is 9.83. The van der Waals surface area contributed by atoms with Crippen molar-refractivity contribution < 1.29 is 9.18 Å². The molecule has 0 bridgehead atoms. The van der Waals surface area contributed by atoms with Crippen LogP contribution in [0.15, 0.2) is 48.5 Å². The number of carbonyl (C=O) groups excluding carboxylic acids is 1. The van der Waals surface area contributed by atoms with Gasteiger partial charge in [0, 0.05) is 5.54 Å². The standard InChI is InChI=1S/C22H27FN2O.C2H6/c1-16-10-9-13-18(23)19(16)21(26)24-20(17-11-5-4-6-12-17)22(25(2)3)14-7-8-15-22;1-2/h4-6,9-13,20H,7-8,14-15H2,1-3H3,(H,24,26);1-2H3. The summed E-state index contributed by atoms with van der Waals surface area (Å²) in [6.45, 7) is 5.77. The van der Waals surface area contributed by atoms with Crippen LogP contribution in [0.2, 0.25) is 0 Å². The molecule has 152 valence electrons. The highest BCUT2D eigenvalue weighted by Gasteiger charge is 2.44. The van der Waals surface area contributed by atoms with Gasteiger partial charge in [0.1, 0.15) is 5.82 Å². The van der Waals surface area contributed by atoms with E-state index in [-0.39, 0.29) is 23.1 Å². The second-order valence-electron chi connectivity index (χ2n) is 7.45. The van der Waals surface area contributed by atoms with E-state index in [0.717, 1.165) is 31.2 Å². The summed E-state index contributed by atoms with van der Waals surface area (Å²) in [4.78, 5) is 15.3. The molecular formula is C24H33FN2O. The molecule has 1 aliphatic carbocycles. The number of amides is 1. The molecule has 0 aromatic heterocycles. The minimum atomic E-state index is -0.473. The average molecular weight is 385 g/mol. The van der Waals surface area contributed by atoms with E-state index in [2.05, 4.69) is 24.3 Å². The maximum Gasteiger partial charge on any atom is 0.255 e. The number of hydrogen-bond donors (Lipinski definition) is 1. The number of carbonyl (C=O) groups is 1. The molecule has 1 atom stereocenters. The van der Waals surface area contributed by atoms with Crippen molar-refractivity contribution in [1.82, 2.24) is 10.2 Å². The highest BCUT2D eigenvalue weighted by molar-refractivity contribution is 5.96. The van der Waals surface area contributed by atoms with Gasteiger partial charge in [0.25, 0.3) is 5.91 Å². The van der Waals surface area contributed by atoms with Gasteiger partial charge in [0.15, 0.2) is 0 Å². The Bertz CT molecular complexity index is 747. The lowest BCUT2D eigenvalue weighted by Gasteiger charge is -2.44. The number of rotatable bonds is 5. The van der Waals surface area contributed by atoms with E-state index in [9.17, 15) is 9.18 Å². The van der Waals surface area contributed by atoms with Gasteiger partial charge in [-0.3, -0.25) is 4.79 Å². The summed E-state index contributed by atoms with van der Waals surface area (Å²) in [6.07, 6.45) is 4.29. The first-order valence-electron chi connectivity index (χ1n) is 10.2. The monoisotopic (exact) mass is 384 g/mol. The fourth-order valence-electron chi connectivity index (χ4n) is 4.28. The first-order valence-corrected chi connectivity index (χ1v) is 10.2. The van der Waals surface area contributed by atoms with E-state index in [1.54, 1.807) is 19.1 Å². The summed E-state index contributed by atoms with van der Waals surface area (Å²) in [7, 11) is 4.14. The molecule has 1 unspecified atom stereocenters. The summed E-state index contributed by atoms with van der Waals surface area (Å²) in [5, 5.41) is 3.17. The van der Waals surface area contributed by atoms with E-state index in [4.69, 9.17) is 0 Å². The zero-order valence-corrected chi connectivity index (χ0v) is 17.8. The maximum atomic E-state index is 14.3. The molecule has 0 spiro atoms. The number of aryl methyl sites for hydroxylation is 1. The number of benzene rings is 2. The van der Waals surface area contributed by atoms with Gasteiger partial charge in [-0.1, -0.05) is 69.2 Å². The molecular weight excluding hydrogens is 351 g/mol. The Labute approximate surface area is 169 Å². The van der Waals surface area contributed by atoms with Gasteiger partial charge in [-0.2, -0.15) is 0 Å². The van der Waals surface area contributed by atoms with E-state index in [1.807, 2.05) is 44.2 Å². The second-order valence-corrected chi connectivity index (χ2v) is 7.45. The topological polar surface area (TPSA) is 32.3 Å². The molecule has 3 nitrogen and oxygen atoms in total. The van der Waals surface area contributed by atoms with Crippen LogP contribution in [-0.2, 0) is 0 Å². The first-order chi connectivity index (χ1) is 13.5. The Morgan fingerprint density at radius 1 is 1.04 bits per heavy atom. The summed E-state index contributed by atoms with van der Waals surface area (Å²) in [5.41, 5.74) is 1.70. The lowest BCUT2D eigenvalue weighted by molar-refractivity contribution is 0.0762. The number of nitrogens with one attached hydrogen (secondary N) is 1. The Morgan fingerprint density at radius 3 is 2.18 bits per heavy atom. The normalized spacial score (nSPS) is 16.2. The smallest absolute Gasteiger partial charge is 0.255 e. The van der Waals surface area contributed by atoms with Crippen LogP contribution in [0, 0.1) is 12.7 Å². The molecule has 1 saturated carbocycles. The summed E-state index contributed by atoms with van der Waals surface area (Å²) in [5.74, 6) is -0.817. The maximum absolute atomic E-state index is 14.3. The number of hydrogen-bond acceptors (Lipinski definition) is 2. The Morgan fingerprint density at radius 2 is 1.64 bits per heavy atom. The largest absolute Gasteiger partial charge is 0.343 e. The number of halogens is 1. The van der Waals surface area contributed by atoms with E-state index in [1.165, 1.54) is 6.07 Å². The quantitative estimate of drug-likeness (QED) is 0.738. The molecule has 0 saturated heterocycles. The van der Waals surface area contributed by atoms with Crippen LogP contribution in [-0.4, -0.2) is 30.4 Å². The van der Waals surface area contributed by atoms with Crippen LogP contribution >= 0.6 is 0 Å². The molecule has 2 aromatic rings. The van der Waals surface area contributed by atoms with Crippen molar-refractivity contribution in [2.75, 3.05) is 14.1 Å². The third-order valence-corrected chi connectivity index (χ3v) is 5.75.